The van der Waals surface area contributed by atoms with Crippen LogP contribution in [-0.4, -0.2) is 53.3 Å². The van der Waals surface area contributed by atoms with Gasteiger partial charge in [0, 0.05) is 32.6 Å². The molecule has 1 saturated heterocycles. The number of rotatable bonds is 3. The fourth-order valence-electron chi connectivity index (χ4n) is 3.62. The zero-order chi connectivity index (χ0) is 14.9. The Labute approximate surface area is 139 Å². The molecule has 2 aliphatic carbocycles. The number of hydrogen-bond acceptors (Lipinski definition) is 3. The second-order valence-electron chi connectivity index (χ2n) is 7.04. The minimum atomic E-state index is -0.580. The normalized spacial score (nSPS) is 24.6. The summed E-state index contributed by atoms with van der Waals surface area (Å²) in [6.45, 7) is 2.85. The summed E-state index contributed by atoms with van der Waals surface area (Å²) in [6, 6.07) is 0. The van der Waals surface area contributed by atoms with Crippen molar-refractivity contribution in [2.24, 2.45) is 11.7 Å². The van der Waals surface area contributed by atoms with Gasteiger partial charge in [-0.1, -0.05) is 12.8 Å². The van der Waals surface area contributed by atoms with Crippen LogP contribution in [0, 0.1) is 5.92 Å². The largest absolute Gasteiger partial charge is 0.341 e. The molecule has 1 heterocycles. The number of nitrogens with two attached hydrogens (primary N) is 1. The second-order valence-corrected chi connectivity index (χ2v) is 7.04. The van der Waals surface area contributed by atoms with Crippen LogP contribution >= 0.6 is 12.4 Å². The molecule has 0 unspecified atom stereocenters. The van der Waals surface area contributed by atoms with E-state index in [1.165, 1.54) is 25.7 Å². The molecule has 22 heavy (non-hydrogen) atoms. The summed E-state index contributed by atoms with van der Waals surface area (Å²) in [4.78, 5) is 28.5. The summed E-state index contributed by atoms with van der Waals surface area (Å²) >= 11 is 0. The molecule has 0 aromatic heterocycles. The van der Waals surface area contributed by atoms with Gasteiger partial charge in [0.2, 0.25) is 11.8 Å². The number of halogens is 1. The molecule has 2 saturated carbocycles. The van der Waals surface area contributed by atoms with Crippen molar-refractivity contribution in [3.05, 3.63) is 0 Å². The molecule has 0 spiro atoms. The van der Waals surface area contributed by atoms with Crippen molar-refractivity contribution in [1.82, 2.24) is 9.80 Å². The maximum Gasteiger partial charge on any atom is 0.242 e. The third kappa shape index (κ3) is 3.93. The van der Waals surface area contributed by atoms with E-state index in [1.54, 1.807) is 0 Å². The molecular formula is C16H28ClN3O2. The van der Waals surface area contributed by atoms with E-state index in [0.717, 1.165) is 32.4 Å². The highest BCUT2D eigenvalue weighted by molar-refractivity contribution is 5.89. The van der Waals surface area contributed by atoms with Crippen LogP contribution < -0.4 is 5.73 Å². The molecule has 0 atom stereocenters. The summed E-state index contributed by atoms with van der Waals surface area (Å²) in [5, 5.41) is 0. The number of carbonyl (C=O) groups excluding carboxylic acids is 2. The van der Waals surface area contributed by atoms with Crippen molar-refractivity contribution in [2.45, 2.75) is 56.9 Å². The average molecular weight is 330 g/mol. The molecule has 0 aromatic carbocycles. The topological polar surface area (TPSA) is 66.6 Å². The van der Waals surface area contributed by atoms with Crippen LogP contribution in [0.1, 0.15) is 51.4 Å². The predicted octanol–water partition coefficient (Wildman–Crippen LogP) is 1.54. The van der Waals surface area contributed by atoms with Crippen molar-refractivity contribution >= 4 is 24.2 Å². The predicted molar refractivity (Wildman–Crippen MR) is 87.8 cm³/mol. The zero-order valence-electron chi connectivity index (χ0n) is 13.3. The van der Waals surface area contributed by atoms with Crippen molar-refractivity contribution < 1.29 is 9.59 Å². The summed E-state index contributed by atoms with van der Waals surface area (Å²) in [6.07, 6.45) is 8.17. The van der Waals surface area contributed by atoms with Gasteiger partial charge in [0.15, 0.2) is 0 Å². The second kappa shape index (κ2) is 7.18. The van der Waals surface area contributed by atoms with Crippen LogP contribution in [0.4, 0.5) is 0 Å². The van der Waals surface area contributed by atoms with Gasteiger partial charge in [-0.15, -0.1) is 12.4 Å². The maximum atomic E-state index is 12.4. The van der Waals surface area contributed by atoms with E-state index in [1.807, 2.05) is 9.80 Å². The molecule has 3 rings (SSSR count). The molecule has 1 aliphatic heterocycles. The molecule has 5 nitrogen and oxygen atoms in total. The van der Waals surface area contributed by atoms with Gasteiger partial charge in [-0.25, -0.2) is 0 Å². The van der Waals surface area contributed by atoms with E-state index in [0.29, 0.717) is 25.4 Å². The smallest absolute Gasteiger partial charge is 0.242 e. The minimum Gasteiger partial charge on any atom is -0.341 e. The lowest BCUT2D eigenvalue weighted by Gasteiger charge is -2.25. The number of hydrogen-bond donors (Lipinski definition) is 1. The molecular weight excluding hydrogens is 302 g/mol. The molecule has 3 aliphatic rings. The highest BCUT2D eigenvalue weighted by atomic mass is 35.5. The Morgan fingerprint density at radius 2 is 1.55 bits per heavy atom. The van der Waals surface area contributed by atoms with Gasteiger partial charge < -0.3 is 15.5 Å². The first-order valence-corrected chi connectivity index (χ1v) is 8.44. The Hall–Kier alpha value is -0.810. The third-order valence-corrected chi connectivity index (χ3v) is 5.29. The Morgan fingerprint density at radius 3 is 2.18 bits per heavy atom. The molecule has 3 fully saturated rings. The third-order valence-electron chi connectivity index (χ3n) is 5.29. The van der Waals surface area contributed by atoms with Gasteiger partial charge in [-0.2, -0.15) is 0 Å². The van der Waals surface area contributed by atoms with Gasteiger partial charge in [0.05, 0.1) is 5.54 Å². The Balaban J connectivity index is 0.00000176. The summed E-state index contributed by atoms with van der Waals surface area (Å²) in [5.74, 6) is 0.968. The average Bonchev–Trinajstić information content (AvgIpc) is 3.11. The maximum absolute atomic E-state index is 12.4. The minimum absolute atomic E-state index is 0. The zero-order valence-corrected chi connectivity index (χ0v) is 14.1. The van der Waals surface area contributed by atoms with Crippen LogP contribution in [0.3, 0.4) is 0 Å². The number of amides is 2. The monoisotopic (exact) mass is 329 g/mol. The molecule has 126 valence electrons. The van der Waals surface area contributed by atoms with E-state index in [9.17, 15) is 9.59 Å². The van der Waals surface area contributed by atoms with Crippen molar-refractivity contribution in [3.8, 4) is 0 Å². The van der Waals surface area contributed by atoms with Gasteiger partial charge in [-0.3, -0.25) is 9.59 Å². The van der Waals surface area contributed by atoms with E-state index < -0.39 is 5.54 Å². The van der Waals surface area contributed by atoms with Gasteiger partial charge in [0.1, 0.15) is 0 Å². The summed E-state index contributed by atoms with van der Waals surface area (Å²) in [5.41, 5.74) is 5.42. The van der Waals surface area contributed by atoms with E-state index in [4.69, 9.17) is 5.73 Å². The lowest BCUT2D eigenvalue weighted by Crippen LogP contribution is -2.47. The van der Waals surface area contributed by atoms with Crippen LogP contribution in [0.15, 0.2) is 0 Å². The van der Waals surface area contributed by atoms with E-state index in [-0.39, 0.29) is 24.2 Å². The molecule has 0 bridgehead atoms. The highest BCUT2D eigenvalue weighted by Crippen LogP contribution is 2.34. The Kier molecular flexibility index (Phi) is 5.72. The first kappa shape index (κ1) is 17.5. The molecule has 0 aromatic rings. The van der Waals surface area contributed by atoms with Crippen LogP contribution in [0.2, 0.25) is 0 Å². The quantitative estimate of drug-likeness (QED) is 0.854. The molecule has 2 N–H and O–H groups in total. The van der Waals surface area contributed by atoms with Gasteiger partial charge >= 0.3 is 0 Å². The van der Waals surface area contributed by atoms with E-state index in [2.05, 4.69) is 0 Å². The van der Waals surface area contributed by atoms with Crippen LogP contribution in [0.5, 0.6) is 0 Å². The van der Waals surface area contributed by atoms with Crippen LogP contribution in [-0.2, 0) is 9.59 Å². The SMILES string of the molecule is Cl.NC1(C(=O)N2CCCN(C(=O)CC3CCCC3)CC2)CC1. The van der Waals surface area contributed by atoms with E-state index >= 15 is 0 Å². The highest BCUT2D eigenvalue weighted by Gasteiger charge is 2.48. The fourth-order valence-corrected chi connectivity index (χ4v) is 3.62. The first-order valence-electron chi connectivity index (χ1n) is 8.44. The molecule has 2 amide bonds. The van der Waals surface area contributed by atoms with Crippen molar-refractivity contribution in [1.29, 1.82) is 0 Å². The summed E-state index contributed by atoms with van der Waals surface area (Å²) < 4.78 is 0. The van der Waals surface area contributed by atoms with Crippen molar-refractivity contribution in [3.63, 3.8) is 0 Å². The Bertz CT molecular complexity index is 420. The standard InChI is InChI=1S/C16H27N3O2.ClH/c17-16(6-7-16)15(21)19-9-3-8-18(10-11-19)14(20)12-13-4-1-2-5-13;/h13H,1-12,17H2;1H. The van der Waals surface area contributed by atoms with Gasteiger partial charge in [0.25, 0.3) is 0 Å². The Morgan fingerprint density at radius 1 is 0.955 bits per heavy atom. The van der Waals surface area contributed by atoms with Crippen molar-refractivity contribution in [2.75, 3.05) is 26.2 Å². The number of carbonyl (C=O) groups is 2. The summed E-state index contributed by atoms with van der Waals surface area (Å²) in [7, 11) is 0. The lowest BCUT2D eigenvalue weighted by atomic mass is 10.0. The molecule has 6 heteroatoms. The molecule has 0 radical (unpaired) electrons. The fraction of sp³-hybridized carbons (Fsp3) is 0.875. The van der Waals surface area contributed by atoms with Gasteiger partial charge in [-0.05, 0) is 38.0 Å². The number of nitrogens with zero attached hydrogens (tertiary/aromatic N) is 2. The first-order chi connectivity index (χ1) is 10.1. The lowest BCUT2D eigenvalue weighted by molar-refractivity contribution is -0.135. The van der Waals surface area contributed by atoms with Crippen LogP contribution in [0.25, 0.3) is 0 Å².